The van der Waals surface area contributed by atoms with Crippen LogP contribution < -0.4 is 0 Å². The largest absolute Gasteiger partial charge is 0.469 e. The maximum Gasteiger partial charge on any atom is 0.305 e. The van der Waals surface area contributed by atoms with Crippen molar-refractivity contribution in [2.45, 2.75) is 18.9 Å². The maximum atomic E-state index is 11.0. The lowest BCUT2D eigenvalue weighted by Gasteiger charge is -2.03. The van der Waals surface area contributed by atoms with Crippen LogP contribution in [-0.4, -0.2) is 25.3 Å². The summed E-state index contributed by atoms with van der Waals surface area (Å²) in [4.78, 5) is 15.2. The molecule has 0 saturated carbocycles. The Morgan fingerprint density at radius 2 is 2.24 bits per heavy atom. The Morgan fingerprint density at radius 3 is 2.82 bits per heavy atom. The number of carbonyl (C=O) groups excluding carboxylic acids is 1. The molecule has 0 aliphatic heterocycles. The van der Waals surface area contributed by atoms with E-state index in [2.05, 4.69) is 15.6 Å². The summed E-state index contributed by atoms with van der Waals surface area (Å²) < 4.78 is 4.55. The van der Waals surface area contributed by atoms with Crippen molar-refractivity contribution in [2.24, 2.45) is 4.99 Å². The van der Waals surface area contributed by atoms with Crippen LogP contribution >= 0.6 is 0 Å². The number of benzene rings is 1. The first-order valence-electron chi connectivity index (χ1n) is 5.37. The molecule has 1 aromatic carbocycles. The minimum atomic E-state index is -0.283. The highest BCUT2D eigenvalue weighted by Crippen LogP contribution is 2.03. The quantitative estimate of drug-likeness (QED) is 0.440. The van der Waals surface area contributed by atoms with Crippen LogP contribution in [0.5, 0.6) is 0 Å². The van der Waals surface area contributed by atoms with Gasteiger partial charge < -0.3 is 4.74 Å². The molecule has 1 rings (SSSR count). The van der Waals surface area contributed by atoms with Gasteiger partial charge in [-0.25, -0.2) is 0 Å². The zero-order valence-electron chi connectivity index (χ0n) is 9.80. The summed E-state index contributed by atoms with van der Waals surface area (Å²) in [6.07, 6.45) is 7.87. The Morgan fingerprint density at radius 1 is 1.53 bits per heavy atom. The van der Waals surface area contributed by atoms with Crippen molar-refractivity contribution in [3.05, 3.63) is 35.9 Å². The number of hydrogen-bond donors (Lipinski definition) is 0. The summed E-state index contributed by atoms with van der Waals surface area (Å²) in [5.41, 5.74) is 0.991. The second kappa shape index (κ2) is 7.24. The number of carbonyl (C=O) groups is 1. The summed E-state index contributed by atoms with van der Waals surface area (Å²) in [5, 5.41) is 0. The van der Waals surface area contributed by atoms with Crippen molar-refractivity contribution in [3.63, 3.8) is 0 Å². The van der Waals surface area contributed by atoms with E-state index in [0.29, 0.717) is 6.42 Å². The molecule has 17 heavy (non-hydrogen) atoms. The van der Waals surface area contributed by atoms with Crippen LogP contribution in [0.25, 0.3) is 0 Å². The fraction of sp³-hybridized carbons (Fsp3) is 0.286. The number of rotatable bonds is 5. The summed E-state index contributed by atoms with van der Waals surface area (Å²) >= 11 is 0. The lowest BCUT2D eigenvalue weighted by Crippen LogP contribution is -2.07. The molecular weight excluding hydrogens is 214 g/mol. The van der Waals surface area contributed by atoms with Gasteiger partial charge in [-0.1, -0.05) is 36.3 Å². The number of ether oxygens (including phenoxy) is 1. The molecule has 0 heterocycles. The van der Waals surface area contributed by atoms with Crippen LogP contribution in [0.2, 0.25) is 0 Å². The molecule has 0 aliphatic rings. The van der Waals surface area contributed by atoms with Gasteiger partial charge in [-0.05, 0) is 12.0 Å². The Balaban J connectivity index is 2.50. The molecule has 0 aliphatic carbocycles. The Bertz CT molecular complexity index is 418. The Labute approximate surface area is 102 Å². The van der Waals surface area contributed by atoms with Crippen molar-refractivity contribution in [2.75, 3.05) is 7.11 Å². The molecule has 1 aromatic rings. The van der Waals surface area contributed by atoms with Crippen LogP contribution in [0.15, 0.2) is 35.3 Å². The van der Waals surface area contributed by atoms with E-state index in [4.69, 9.17) is 6.42 Å². The standard InChI is InChI=1S/C14H15NO2/c1-3-13(9-10-14(16)17-2)15-11-12-7-5-4-6-8-12/h1,4-8,11,13H,9-10H2,2H3. The highest BCUT2D eigenvalue weighted by molar-refractivity contribution is 5.79. The van der Waals surface area contributed by atoms with Gasteiger partial charge in [-0.2, -0.15) is 0 Å². The highest BCUT2D eigenvalue weighted by Gasteiger charge is 2.06. The minimum absolute atomic E-state index is 0.264. The van der Waals surface area contributed by atoms with Gasteiger partial charge in [-0.15, -0.1) is 6.42 Å². The van der Waals surface area contributed by atoms with Gasteiger partial charge in [0, 0.05) is 12.6 Å². The lowest BCUT2D eigenvalue weighted by molar-refractivity contribution is -0.140. The van der Waals surface area contributed by atoms with Crippen LogP contribution in [0.3, 0.4) is 0 Å². The Hall–Kier alpha value is -2.08. The summed E-state index contributed by atoms with van der Waals surface area (Å²) in [5.74, 6) is 2.28. The predicted octanol–water partition coefficient (Wildman–Crippen LogP) is 2.06. The van der Waals surface area contributed by atoms with E-state index in [1.807, 2.05) is 30.3 Å². The first-order chi connectivity index (χ1) is 8.26. The van der Waals surface area contributed by atoms with Gasteiger partial charge >= 0.3 is 5.97 Å². The third kappa shape index (κ3) is 4.98. The minimum Gasteiger partial charge on any atom is -0.469 e. The van der Waals surface area contributed by atoms with Gasteiger partial charge in [0.15, 0.2) is 0 Å². The normalized spacial score (nSPS) is 12.0. The molecule has 1 unspecified atom stereocenters. The zero-order chi connectivity index (χ0) is 12.5. The summed E-state index contributed by atoms with van der Waals surface area (Å²) in [7, 11) is 1.36. The van der Waals surface area contributed by atoms with Gasteiger partial charge in [0.25, 0.3) is 0 Å². The van der Waals surface area contributed by atoms with Crippen LogP contribution in [0.1, 0.15) is 18.4 Å². The number of nitrogens with zero attached hydrogens (tertiary/aromatic N) is 1. The molecule has 3 heteroatoms. The van der Waals surface area contributed by atoms with Gasteiger partial charge in [0.05, 0.1) is 7.11 Å². The first-order valence-corrected chi connectivity index (χ1v) is 5.37. The molecule has 0 spiro atoms. The van der Waals surface area contributed by atoms with Crippen molar-refractivity contribution in [1.82, 2.24) is 0 Å². The topological polar surface area (TPSA) is 38.7 Å². The lowest BCUT2D eigenvalue weighted by atomic mass is 10.1. The molecule has 1 atom stereocenters. The fourth-order valence-electron chi connectivity index (χ4n) is 1.27. The number of esters is 1. The smallest absolute Gasteiger partial charge is 0.305 e. The third-order valence-corrected chi connectivity index (χ3v) is 2.25. The number of methoxy groups -OCH3 is 1. The first kappa shape index (κ1) is 13.0. The van der Waals surface area contributed by atoms with Crippen molar-refractivity contribution >= 4 is 12.2 Å². The molecular formula is C14H15NO2. The van der Waals surface area contributed by atoms with E-state index in [9.17, 15) is 4.79 Å². The van der Waals surface area contributed by atoms with E-state index >= 15 is 0 Å². The number of terminal acetylenes is 1. The second-order valence-electron chi connectivity index (χ2n) is 3.49. The van der Waals surface area contributed by atoms with E-state index < -0.39 is 0 Å². The molecule has 0 fully saturated rings. The van der Waals surface area contributed by atoms with Crippen LogP contribution in [0, 0.1) is 12.3 Å². The molecule has 0 aromatic heterocycles. The monoisotopic (exact) mass is 229 g/mol. The predicted molar refractivity (Wildman–Crippen MR) is 67.9 cm³/mol. The van der Waals surface area contributed by atoms with Gasteiger partial charge in [-0.3, -0.25) is 9.79 Å². The average molecular weight is 229 g/mol. The van der Waals surface area contributed by atoms with Crippen molar-refractivity contribution in [1.29, 1.82) is 0 Å². The zero-order valence-corrected chi connectivity index (χ0v) is 9.80. The van der Waals surface area contributed by atoms with Crippen molar-refractivity contribution < 1.29 is 9.53 Å². The van der Waals surface area contributed by atoms with Gasteiger partial charge in [0.2, 0.25) is 0 Å². The Kier molecular flexibility index (Phi) is 5.53. The third-order valence-electron chi connectivity index (χ3n) is 2.25. The highest BCUT2D eigenvalue weighted by atomic mass is 16.5. The number of aliphatic imine (C=N–C) groups is 1. The molecule has 0 radical (unpaired) electrons. The molecule has 0 saturated heterocycles. The van der Waals surface area contributed by atoms with Crippen molar-refractivity contribution in [3.8, 4) is 12.3 Å². The van der Waals surface area contributed by atoms with Crippen LogP contribution in [0.4, 0.5) is 0 Å². The van der Waals surface area contributed by atoms with Crippen LogP contribution in [-0.2, 0) is 9.53 Å². The maximum absolute atomic E-state index is 11.0. The fourth-order valence-corrected chi connectivity index (χ4v) is 1.27. The second-order valence-corrected chi connectivity index (χ2v) is 3.49. The summed E-state index contributed by atoms with van der Waals surface area (Å²) in [6, 6.07) is 9.40. The SMILES string of the molecule is C#CC(CCC(=O)OC)N=Cc1ccccc1. The van der Waals surface area contributed by atoms with E-state index in [1.54, 1.807) is 6.21 Å². The molecule has 0 N–H and O–H groups in total. The average Bonchev–Trinajstić information content (AvgIpc) is 2.39. The molecule has 88 valence electrons. The van der Waals surface area contributed by atoms with E-state index in [-0.39, 0.29) is 18.4 Å². The van der Waals surface area contributed by atoms with E-state index in [1.165, 1.54) is 7.11 Å². The summed E-state index contributed by atoms with van der Waals surface area (Å²) in [6.45, 7) is 0. The van der Waals surface area contributed by atoms with E-state index in [0.717, 1.165) is 5.56 Å². The molecule has 0 amide bonds. The number of hydrogen-bond acceptors (Lipinski definition) is 3. The van der Waals surface area contributed by atoms with Gasteiger partial charge in [0.1, 0.15) is 6.04 Å². The molecule has 3 nitrogen and oxygen atoms in total. The molecule has 0 bridgehead atoms.